The number of nitrogens with one attached hydrogen (secondary N) is 1. The number of carbonyl (C=O) groups is 1. The normalized spacial score (nSPS) is 10.9. The van der Waals surface area contributed by atoms with Crippen molar-refractivity contribution < 1.29 is 4.79 Å². The molecule has 1 aromatic carbocycles. The Balaban J connectivity index is 1.84. The molecule has 1 N–H and O–H groups in total. The zero-order valence-corrected chi connectivity index (χ0v) is 18.0. The largest absolute Gasteiger partial charge is 0.356 e. The molecule has 0 bridgehead atoms. The zero-order chi connectivity index (χ0) is 20.1. The zero-order valence-electron chi connectivity index (χ0n) is 16.4. The molecule has 0 saturated heterocycles. The van der Waals surface area contributed by atoms with E-state index in [0.29, 0.717) is 13.0 Å². The van der Waals surface area contributed by atoms with E-state index in [1.165, 1.54) is 22.5 Å². The molecule has 146 valence electrons. The number of amides is 1. The predicted octanol–water partition coefficient (Wildman–Crippen LogP) is 5.00. The lowest BCUT2D eigenvalue weighted by atomic mass is 10.0. The summed E-state index contributed by atoms with van der Waals surface area (Å²) in [5.41, 5.74) is 5.43. The van der Waals surface area contributed by atoms with Gasteiger partial charge in [0.2, 0.25) is 5.91 Å². The van der Waals surface area contributed by atoms with Crippen LogP contribution in [0.25, 0.3) is 10.7 Å². The van der Waals surface area contributed by atoms with E-state index in [4.69, 9.17) is 21.6 Å². The molecule has 0 saturated carbocycles. The molecular formula is C22H24ClN3OS. The Morgan fingerprint density at radius 3 is 2.39 bits per heavy atom. The lowest BCUT2D eigenvalue weighted by Crippen LogP contribution is -2.24. The van der Waals surface area contributed by atoms with E-state index in [2.05, 4.69) is 24.4 Å². The van der Waals surface area contributed by atoms with Gasteiger partial charge in [-0.05, 0) is 49.1 Å². The Hall–Kier alpha value is -2.24. The van der Waals surface area contributed by atoms with Crippen LogP contribution in [-0.2, 0) is 24.1 Å². The Morgan fingerprint density at radius 1 is 1.07 bits per heavy atom. The third kappa shape index (κ3) is 4.97. The molecular weight excluding hydrogens is 390 g/mol. The molecule has 6 heteroatoms. The van der Waals surface area contributed by atoms with E-state index < -0.39 is 0 Å². The number of halogens is 1. The molecule has 4 nitrogen and oxygen atoms in total. The molecule has 3 rings (SSSR count). The van der Waals surface area contributed by atoms with Crippen LogP contribution in [0, 0.1) is 6.92 Å². The lowest BCUT2D eigenvalue weighted by Gasteiger charge is -2.12. The van der Waals surface area contributed by atoms with Gasteiger partial charge >= 0.3 is 0 Å². The average molecular weight is 414 g/mol. The van der Waals surface area contributed by atoms with Crippen molar-refractivity contribution in [2.45, 2.75) is 40.0 Å². The number of aryl methyl sites for hydroxylation is 1. The van der Waals surface area contributed by atoms with E-state index in [9.17, 15) is 4.79 Å². The van der Waals surface area contributed by atoms with Crippen LogP contribution >= 0.6 is 22.9 Å². The average Bonchev–Trinajstić information content (AvgIpc) is 3.10. The summed E-state index contributed by atoms with van der Waals surface area (Å²) in [4.78, 5) is 22.3. The molecule has 1 amide bonds. The van der Waals surface area contributed by atoms with E-state index in [-0.39, 0.29) is 5.91 Å². The first-order valence-electron chi connectivity index (χ1n) is 9.46. The van der Waals surface area contributed by atoms with Gasteiger partial charge in [0.05, 0.1) is 21.3 Å². The molecule has 0 atom stereocenters. The van der Waals surface area contributed by atoms with Crippen LogP contribution in [0.5, 0.6) is 0 Å². The molecule has 0 spiro atoms. The fraction of sp³-hybridized carbons (Fsp3) is 0.318. The van der Waals surface area contributed by atoms with Gasteiger partial charge in [0, 0.05) is 18.7 Å². The summed E-state index contributed by atoms with van der Waals surface area (Å²) in [6.45, 7) is 6.75. The van der Waals surface area contributed by atoms with Gasteiger partial charge < -0.3 is 5.32 Å². The highest BCUT2D eigenvalue weighted by Gasteiger charge is 2.14. The number of nitrogens with zero attached hydrogens (tertiary/aromatic N) is 2. The maximum atomic E-state index is 11.7. The summed E-state index contributed by atoms with van der Waals surface area (Å²) in [5.74, 6) is 0.781. The van der Waals surface area contributed by atoms with Crippen molar-refractivity contribution in [3.05, 3.63) is 68.8 Å². The summed E-state index contributed by atoms with van der Waals surface area (Å²) in [6, 6.07) is 12.0. The van der Waals surface area contributed by atoms with Crippen molar-refractivity contribution in [3.8, 4) is 10.7 Å². The minimum Gasteiger partial charge on any atom is -0.356 e. The second-order valence-electron chi connectivity index (χ2n) is 6.64. The SMILES string of the molecule is CCNC(=O)Cc1ccc(Cc2nc(-c3ccc(Cl)s3)nc(C)c2CC)cc1. The van der Waals surface area contributed by atoms with E-state index in [0.717, 1.165) is 44.8 Å². The Morgan fingerprint density at radius 2 is 1.79 bits per heavy atom. The molecule has 0 fully saturated rings. The van der Waals surface area contributed by atoms with Gasteiger partial charge in [0.15, 0.2) is 5.82 Å². The van der Waals surface area contributed by atoms with Crippen LogP contribution in [0.15, 0.2) is 36.4 Å². The quantitative estimate of drug-likeness (QED) is 0.593. The highest BCUT2D eigenvalue weighted by molar-refractivity contribution is 7.19. The van der Waals surface area contributed by atoms with Crippen LogP contribution in [0.3, 0.4) is 0 Å². The smallest absolute Gasteiger partial charge is 0.224 e. The number of rotatable bonds is 7. The molecule has 3 aromatic rings. The number of likely N-dealkylation sites (N-methyl/N-ethyl adjacent to an activating group) is 1. The first-order chi connectivity index (χ1) is 13.5. The van der Waals surface area contributed by atoms with Crippen LogP contribution in [-0.4, -0.2) is 22.4 Å². The first-order valence-corrected chi connectivity index (χ1v) is 10.7. The maximum absolute atomic E-state index is 11.7. The van der Waals surface area contributed by atoms with Gasteiger partial charge in [0.25, 0.3) is 0 Å². The van der Waals surface area contributed by atoms with Gasteiger partial charge in [0.1, 0.15) is 0 Å². The number of thiophene rings is 1. The van der Waals surface area contributed by atoms with Gasteiger partial charge in [-0.15, -0.1) is 11.3 Å². The third-order valence-electron chi connectivity index (χ3n) is 4.58. The Labute approximate surface area is 175 Å². The van der Waals surface area contributed by atoms with Crippen molar-refractivity contribution >= 4 is 28.8 Å². The van der Waals surface area contributed by atoms with Gasteiger partial charge in [-0.1, -0.05) is 42.8 Å². The topological polar surface area (TPSA) is 54.9 Å². The molecule has 2 heterocycles. The van der Waals surface area contributed by atoms with Crippen molar-refractivity contribution in [1.82, 2.24) is 15.3 Å². The van der Waals surface area contributed by atoms with Crippen LogP contribution < -0.4 is 5.32 Å². The summed E-state index contributed by atoms with van der Waals surface area (Å²) in [7, 11) is 0. The Bertz CT molecular complexity index is 966. The van der Waals surface area contributed by atoms with Gasteiger partial charge in [-0.3, -0.25) is 4.79 Å². The number of benzene rings is 1. The second-order valence-corrected chi connectivity index (χ2v) is 8.35. The van der Waals surface area contributed by atoms with E-state index in [1.54, 1.807) is 0 Å². The molecule has 0 radical (unpaired) electrons. The minimum absolute atomic E-state index is 0.0502. The highest BCUT2D eigenvalue weighted by Crippen LogP contribution is 2.30. The minimum atomic E-state index is 0.0502. The van der Waals surface area contributed by atoms with E-state index in [1.807, 2.05) is 38.1 Å². The number of aromatic nitrogens is 2. The van der Waals surface area contributed by atoms with Crippen molar-refractivity contribution in [1.29, 1.82) is 0 Å². The molecule has 0 aliphatic rings. The monoisotopic (exact) mass is 413 g/mol. The molecule has 0 unspecified atom stereocenters. The number of hydrogen-bond acceptors (Lipinski definition) is 4. The number of hydrogen-bond donors (Lipinski definition) is 1. The fourth-order valence-corrected chi connectivity index (χ4v) is 4.20. The first kappa shape index (κ1) is 20.5. The third-order valence-corrected chi connectivity index (χ3v) is 5.81. The molecule has 0 aliphatic carbocycles. The number of carbonyl (C=O) groups excluding carboxylic acids is 1. The second kappa shape index (κ2) is 9.30. The van der Waals surface area contributed by atoms with E-state index >= 15 is 0 Å². The van der Waals surface area contributed by atoms with Gasteiger partial charge in [-0.2, -0.15) is 0 Å². The van der Waals surface area contributed by atoms with Crippen LogP contribution in [0.2, 0.25) is 4.34 Å². The standard InChI is InChI=1S/C22H24ClN3OS/c1-4-17-14(3)25-22(19-10-11-20(23)28-19)26-18(17)12-15-6-8-16(9-7-15)13-21(27)24-5-2/h6-11H,4-5,12-13H2,1-3H3,(H,24,27). The predicted molar refractivity (Wildman–Crippen MR) is 116 cm³/mol. The molecule has 2 aromatic heterocycles. The lowest BCUT2D eigenvalue weighted by molar-refractivity contribution is -0.120. The maximum Gasteiger partial charge on any atom is 0.224 e. The van der Waals surface area contributed by atoms with Crippen LogP contribution in [0.4, 0.5) is 0 Å². The van der Waals surface area contributed by atoms with Gasteiger partial charge in [-0.25, -0.2) is 9.97 Å². The summed E-state index contributed by atoms with van der Waals surface area (Å²) in [5, 5.41) is 2.83. The molecule has 28 heavy (non-hydrogen) atoms. The van der Waals surface area contributed by atoms with Crippen molar-refractivity contribution in [3.63, 3.8) is 0 Å². The summed E-state index contributed by atoms with van der Waals surface area (Å²) in [6.07, 6.45) is 2.03. The summed E-state index contributed by atoms with van der Waals surface area (Å²) >= 11 is 7.58. The van der Waals surface area contributed by atoms with Crippen LogP contribution in [0.1, 0.15) is 41.9 Å². The van der Waals surface area contributed by atoms with Crippen molar-refractivity contribution in [2.75, 3.05) is 6.54 Å². The highest BCUT2D eigenvalue weighted by atomic mass is 35.5. The van der Waals surface area contributed by atoms with Crippen molar-refractivity contribution in [2.24, 2.45) is 0 Å². The summed E-state index contributed by atoms with van der Waals surface area (Å²) < 4.78 is 0.736. The Kier molecular flexibility index (Phi) is 6.81. The molecule has 0 aliphatic heterocycles. The fourth-order valence-electron chi connectivity index (χ4n) is 3.22.